The third kappa shape index (κ3) is 3.08. The first kappa shape index (κ1) is 18.7. The van der Waals surface area contributed by atoms with Crippen LogP contribution in [0.2, 0.25) is 0 Å². The van der Waals surface area contributed by atoms with Crippen molar-refractivity contribution >= 4 is 11.9 Å². The molecule has 1 fully saturated rings. The molecule has 0 amide bonds. The van der Waals surface area contributed by atoms with E-state index in [1.165, 1.54) is 25.3 Å². The fraction of sp³-hybridized carbons (Fsp3) is 0.619. The predicted octanol–water partition coefficient (Wildman–Crippen LogP) is 3.49. The highest BCUT2D eigenvalue weighted by Gasteiger charge is 2.53. The van der Waals surface area contributed by atoms with Gasteiger partial charge in [0.1, 0.15) is 5.75 Å². The Balaban J connectivity index is 1.97. The lowest BCUT2D eigenvalue weighted by Crippen LogP contribution is -2.48. The number of fused-ring (bicyclic) bond motifs is 3. The fourth-order valence-electron chi connectivity index (χ4n) is 5.13. The third-order valence-electron chi connectivity index (χ3n) is 6.59. The van der Waals surface area contributed by atoms with Crippen LogP contribution in [0.25, 0.3) is 0 Å². The van der Waals surface area contributed by atoms with Crippen LogP contribution in [0.1, 0.15) is 49.7 Å². The van der Waals surface area contributed by atoms with E-state index < -0.39 is 5.41 Å². The monoisotopic (exact) mass is 360 g/mol. The van der Waals surface area contributed by atoms with Gasteiger partial charge in [0, 0.05) is 6.42 Å². The average molecular weight is 360 g/mol. The van der Waals surface area contributed by atoms with Gasteiger partial charge in [-0.2, -0.15) is 0 Å². The molecule has 4 atom stereocenters. The molecular formula is C21H28O5. The van der Waals surface area contributed by atoms with Crippen LogP contribution in [-0.2, 0) is 25.5 Å². The highest BCUT2D eigenvalue weighted by Crippen LogP contribution is 2.56. The van der Waals surface area contributed by atoms with Crippen molar-refractivity contribution in [3.63, 3.8) is 0 Å². The first-order chi connectivity index (χ1) is 12.4. The van der Waals surface area contributed by atoms with Gasteiger partial charge in [-0.3, -0.25) is 9.59 Å². The largest absolute Gasteiger partial charge is 0.497 e. The fourth-order valence-corrected chi connectivity index (χ4v) is 5.13. The number of hydrogen-bond donors (Lipinski definition) is 0. The quantitative estimate of drug-likeness (QED) is 0.769. The zero-order valence-electron chi connectivity index (χ0n) is 16.0. The van der Waals surface area contributed by atoms with Crippen molar-refractivity contribution in [3.05, 3.63) is 29.3 Å². The minimum atomic E-state index is -0.645. The molecule has 0 saturated heterocycles. The Morgan fingerprint density at radius 3 is 2.58 bits per heavy atom. The molecule has 2 aliphatic rings. The maximum atomic E-state index is 12.6. The SMILES string of the molecule is COC(=O)C[C@@H]1[C@@H]2CCc3cc(OC)ccc3[C@@H]2CC[C@]1(C)C(=O)OC. The lowest BCUT2D eigenvalue weighted by atomic mass is 9.54. The molecule has 1 aromatic carbocycles. The van der Waals surface area contributed by atoms with Crippen LogP contribution >= 0.6 is 0 Å². The third-order valence-corrected chi connectivity index (χ3v) is 6.59. The minimum absolute atomic E-state index is 0.0728. The lowest BCUT2D eigenvalue weighted by Gasteiger charge is -2.50. The lowest BCUT2D eigenvalue weighted by molar-refractivity contribution is -0.163. The topological polar surface area (TPSA) is 61.8 Å². The summed E-state index contributed by atoms with van der Waals surface area (Å²) < 4.78 is 15.4. The molecule has 0 unspecified atom stereocenters. The number of carbonyl (C=O) groups is 2. The zero-order chi connectivity index (χ0) is 18.9. The molecule has 0 bridgehead atoms. The second kappa shape index (κ2) is 7.29. The minimum Gasteiger partial charge on any atom is -0.497 e. The van der Waals surface area contributed by atoms with Gasteiger partial charge in [0.2, 0.25) is 0 Å². The summed E-state index contributed by atoms with van der Waals surface area (Å²) in [6.45, 7) is 1.95. The average Bonchev–Trinajstić information content (AvgIpc) is 2.68. The van der Waals surface area contributed by atoms with Crippen LogP contribution in [0, 0.1) is 17.3 Å². The van der Waals surface area contributed by atoms with Gasteiger partial charge in [-0.25, -0.2) is 0 Å². The molecule has 3 rings (SSSR count). The predicted molar refractivity (Wildman–Crippen MR) is 97.0 cm³/mol. The van der Waals surface area contributed by atoms with Gasteiger partial charge in [0.15, 0.2) is 0 Å². The molecule has 1 aromatic rings. The van der Waals surface area contributed by atoms with Crippen molar-refractivity contribution < 1.29 is 23.8 Å². The Bertz CT molecular complexity index is 698. The second-order valence-electron chi connectivity index (χ2n) is 7.71. The van der Waals surface area contributed by atoms with E-state index in [9.17, 15) is 9.59 Å². The van der Waals surface area contributed by atoms with Crippen molar-refractivity contribution in [1.82, 2.24) is 0 Å². The number of hydrogen-bond acceptors (Lipinski definition) is 5. The van der Waals surface area contributed by atoms with E-state index in [1.54, 1.807) is 7.11 Å². The standard InChI is InChI=1S/C21H28O5/c1-21(20(23)26-4)10-9-16-15-8-6-14(24-2)11-13(15)5-7-17(16)18(21)12-19(22)25-3/h6,8,11,16-18H,5,7,9-10,12H2,1-4H3/t16-,17+,18+,21-/m0/s1. The van der Waals surface area contributed by atoms with Gasteiger partial charge in [-0.1, -0.05) is 6.07 Å². The molecule has 142 valence electrons. The van der Waals surface area contributed by atoms with Gasteiger partial charge >= 0.3 is 11.9 Å². The summed E-state index contributed by atoms with van der Waals surface area (Å²) in [6.07, 6.45) is 3.79. The van der Waals surface area contributed by atoms with E-state index in [0.29, 0.717) is 12.3 Å². The van der Waals surface area contributed by atoms with Crippen LogP contribution in [0.5, 0.6) is 5.75 Å². The van der Waals surface area contributed by atoms with Crippen LogP contribution in [0.3, 0.4) is 0 Å². The van der Waals surface area contributed by atoms with Crippen LogP contribution in [0.4, 0.5) is 0 Å². The number of ether oxygens (including phenoxy) is 3. The normalized spacial score (nSPS) is 29.9. The summed E-state index contributed by atoms with van der Waals surface area (Å²) in [5, 5.41) is 0. The van der Waals surface area contributed by atoms with Crippen molar-refractivity contribution in [1.29, 1.82) is 0 Å². The summed E-state index contributed by atoms with van der Waals surface area (Å²) in [5.74, 6) is 0.960. The summed E-state index contributed by atoms with van der Waals surface area (Å²) in [4.78, 5) is 24.7. The first-order valence-corrected chi connectivity index (χ1v) is 9.26. The van der Waals surface area contributed by atoms with E-state index in [2.05, 4.69) is 12.1 Å². The smallest absolute Gasteiger partial charge is 0.311 e. The second-order valence-corrected chi connectivity index (χ2v) is 7.71. The molecule has 26 heavy (non-hydrogen) atoms. The van der Waals surface area contributed by atoms with Crippen molar-refractivity contribution in [3.8, 4) is 5.75 Å². The molecule has 5 heteroatoms. The zero-order valence-corrected chi connectivity index (χ0v) is 16.0. The Labute approximate surface area is 155 Å². The number of esters is 2. The van der Waals surface area contributed by atoms with Crippen molar-refractivity contribution in [2.75, 3.05) is 21.3 Å². The molecule has 0 radical (unpaired) electrons. The number of methoxy groups -OCH3 is 3. The van der Waals surface area contributed by atoms with Crippen molar-refractivity contribution in [2.45, 2.75) is 44.9 Å². The number of rotatable bonds is 4. The molecule has 1 saturated carbocycles. The van der Waals surface area contributed by atoms with Gasteiger partial charge < -0.3 is 14.2 Å². The molecular weight excluding hydrogens is 332 g/mol. The molecule has 5 nitrogen and oxygen atoms in total. The molecule has 0 spiro atoms. The van der Waals surface area contributed by atoms with Gasteiger partial charge in [-0.05, 0) is 73.6 Å². The highest BCUT2D eigenvalue weighted by atomic mass is 16.5. The molecule has 0 N–H and O–H groups in total. The number of carbonyl (C=O) groups excluding carboxylic acids is 2. The Morgan fingerprint density at radius 2 is 1.92 bits per heavy atom. The summed E-state index contributed by atoms with van der Waals surface area (Å²) in [6, 6.07) is 6.28. The number of benzene rings is 1. The number of aryl methyl sites for hydroxylation is 1. The van der Waals surface area contributed by atoms with E-state index in [0.717, 1.165) is 25.0 Å². The summed E-state index contributed by atoms with van der Waals surface area (Å²) in [7, 11) is 4.51. The van der Waals surface area contributed by atoms with E-state index >= 15 is 0 Å². The van der Waals surface area contributed by atoms with Crippen LogP contribution in [-0.4, -0.2) is 33.3 Å². The van der Waals surface area contributed by atoms with Gasteiger partial charge in [0.05, 0.1) is 26.7 Å². The maximum Gasteiger partial charge on any atom is 0.311 e. The van der Waals surface area contributed by atoms with Crippen LogP contribution < -0.4 is 4.74 Å². The Hall–Kier alpha value is -2.04. The molecule has 2 aliphatic carbocycles. The highest BCUT2D eigenvalue weighted by molar-refractivity contribution is 5.79. The van der Waals surface area contributed by atoms with Crippen LogP contribution in [0.15, 0.2) is 18.2 Å². The van der Waals surface area contributed by atoms with E-state index in [-0.39, 0.29) is 30.2 Å². The van der Waals surface area contributed by atoms with Crippen molar-refractivity contribution in [2.24, 2.45) is 17.3 Å². The molecule has 0 aliphatic heterocycles. The summed E-state index contributed by atoms with van der Waals surface area (Å²) >= 11 is 0. The molecule has 0 aromatic heterocycles. The Kier molecular flexibility index (Phi) is 5.26. The van der Waals surface area contributed by atoms with Gasteiger partial charge in [-0.15, -0.1) is 0 Å². The summed E-state index contributed by atoms with van der Waals surface area (Å²) in [5.41, 5.74) is 2.02. The first-order valence-electron chi connectivity index (χ1n) is 9.26. The van der Waals surface area contributed by atoms with E-state index in [4.69, 9.17) is 14.2 Å². The van der Waals surface area contributed by atoms with E-state index in [1.807, 2.05) is 13.0 Å². The van der Waals surface area contributed by atoms with Gasteiger partial charge in [0.25, 0.3) is 0 Å². The maximum absolute atomic E-state index is 12.6. The molecule has 0 heterocycles. The Morgan fingerprint density at radius 1 is 1.15 bits per heavy atom.